The number of carboxylic acid groups (broad SMARTS) is 1. The number of nitrogens with one attached hydrogen (secondary N) is 1. The summed E-state index contributed by atoms with van der Waals surface area (Å²) in [5.41, 5.74) is 0.233. The van der Waals surface area contributed by atoms with Gasteiger partial charge in [-0.15, -0.1) is 0 Å². The molecule has 0 radical (unpaired) electrons. The van der Waals surface area contributed by atoms with E-state index in [4.69, 9.17) is 5.11 Å². The molecule has 0 saturated heterocycles. The third kappa shape index (κ3) is 4.57. The lowest BCUT2D eigenvalue weighted by Gasteiger charge is -2.10. The molecule has 19 heavy (non-hydrogen) atoms. The molecule has 0 aliphatic rings. The summed E-state index contributed by atoms with van der Waals surface area (Å²) in [7, 11) is 0. The van der Waals surface area contributed by atoms with Crippen LogP contribution in [-0.4, -0.2) is 22.5 Å². The number of aromatic carboxylic acids is 1. The summed E-state index contributed by atoms with van der Waals surface area (Å²) in [6.07, 6.45) is 1.91. The van der Waals surface area contributed by atoms with E-state index in [1.807, 2.05) is 0 Å². The summed E-state index contributed by atoms with van der Waals surface area (Å²) in [4.78, 5) is 21.2. The minimum atomic E-state index is -1.10. The number of anilines is 1. The van der Waals surface area contributed by atoms with Crippen LogP contribution in [0.15, 0.2) is 18.2 Å². The molecule has 0 spiro atoms. The molecule has 1 aromatic rings. The van der Waals surface area contributed by atoms with E-state index in [9.17, 15) is 14.9 Å². The van der Waals surface area contributed by atoms with Crippen molar-refractivity contribution >= 4 is 17.3 Å². The summed E-state index contributed by atoms with van der Waals surface area (Å²) in [6, 6.07) is 3.72. The molecule has 1 rings (SSSR count). The minimum Gasteiger partial charge on any atom is -0.478 e. The van der Waals surface area contributed by atoms with E-state index in [2.05, 4.69) is 19.2 Å². The van der Waals surface area contributed by atoms with E-state index >= 15 is 0 Å². The Morgan fingerprint density at radius 1 is 1.47 bits per heavy atom. The Morgan fingerprint density at radius 3 is 2.68 bits per heavy atom. The van der Waals surface area contributed by atoms with Crippen molar-refractivity contribution in [1.82, 2.24) is 0 Å². The number of hydrogen-bond donors (Lipinski definition) is 2. The van der Waals surface area contributed by atoms with Crippen molar-refractivity contribution < 1.29 is 14.8 Å². The van der Waals surface area contributed by atoms with Crippen LogP contribution in [0.3, 0.4) is 0 Å². The maximum atomic E-state index is 11.0. The average Bonchev–Trinajstić information content (AvgIpc) is 2.33. The molecule has 0 atom stereocenters. The molecular formula is C13H18N2O4. The van der Waals surface area contributed by atoms with Crippen LogP contribution in [-0.2, 0) is 0 Å². The molecule has 0 unspecified atom stereocenters. The molecule has 6 heteroatoms. The van der Waals surface area contributed by atoms with Gasteiger partial charge >= 0.3 is 5.97 Å². The van der Waals surface area contributed by atoms with Crippen molar-refractivity contribution in [2.75, 3.05) is 11.9 Å². The quantitative estimate of drug-likeness (QED) is 0.449. The third-order valence-corrected chi connectivity index (χ3v) is 2.72. The predicted molar refractivity (Wildman–Crippen MR) is 72.6 cm³/mol. The van der Waals surface area contributed by atoms with E-state index in [-0.39, 0.29) is 11.3 Å². The van der Waals surface area contributed by atoms with Gasteiger partial charge in [0.15, 0.2) is 0 Å². The van der Waals surface area contributed by atoms with Crippen molar-refractivity contribution in [2.45, 2.75) is 26.7 Å². The number of hydrogen-bond acceptors (Lipinski definition) is 4. The van der Waals surface area contributed by atoms with E-state index in [0.29, 0.717) is 18.2 Å². The first-order chi connectivity index (χ1) is 8.91. The second kappa shape index (κ2) is 6.72. The lowest BCUT2D eigenvalue weighted by atomic mass is 10.1. The monoisotopic (exact) mass is 266 g/mol. The topological polar surface area (TPSA) is 92.5 Å². The van der Waals surface area contributed by atoms with Crippen molar-refractivity contribution in [2.24, 2.45) is 5.92 Å². The van der Waals surface area contributed by atoms with Crippen LogP contribution in [0.25, 0.3) is 0 Å². The SMILES string of the molecule is CC(C)CCCNc1cc([N+](=O)[O-])ccc1C(=O)O. The molecule has 0 heterocycles. The van der Waals surface area contributed by atoms with Crippen LogP contribution in [0.5, 0.6) is 0 Å². The minimum absolute atomic E-state index is 0.0511. The van der Waals surface area contributed by atoms with Gasteiger partial charge in [0.25, 0.3) is 5.69 Å². The Kier molecular flexibility index (Phi) is 5.29. The Morgan fingerprint density at radius 2 is 2.16 bits per heavy atom. The van der Waals surface area contributed by atoms with Gasteiger partial charge in [0.2, 0.25) is 0 Å². The normalized spacial score (nSPS) is 10.5. The molecule has 0 aliphatic carbocycles. The highest BCUT2D eigenvalue weighted by molar-refractivity contribution is 5.94. The predicted octanol–water partition coefficient (Wildman–Crippen LogP) is 3.14. The Bertz CT molecular complexity index is 472. The van der Waals surface area contributed by atoms with Crippen LogP contribution in [0.1, 0.15) is 37.0 Å². The fraction of sp³-hybridized carbons (Fsp3) is 0.462. The highest BCUT2D eigenvalue weighted by atomic mass is 16.6. The zero-order valence-corrected chi connectivity index (χ0v) is 11.0. The average molecular weight is 266 g/mol. The number of nitro benzene ring substituents is 1. The second-order valence-corrected chi connectivity index (χ2v) is 4.76. The molecule has 0 saturated carbocycles. The standard InChI is InChI=1S/C13H18N2O4/c1-9(2)4-3-7-14-12-8-10(15(18)19)5-6-11(12)13(16)17/h5-6,8-9,14H,3-4,7H2,1-2H3,(H,16,17). The summed E-state index contributed by atoms with van der Waals surface area (Å²) in [5.74, 6) is -0.521. The van der Waals surface area contributed by atoms with E-state index in [0.717, 1.165) is 12.8 Å². The summed E-state index contributed by atoms with van der Waals surface area (Å²) < 4.78 is 0. The number of nitro groups is 1. The molecule has 6 nitrogen and oxygen atoms in total. The van der Waals surface area contributed by atoms with E-state index in [1.54, 1.807) is 0 Å². The number of carbonyl (C=O) groups is 1. The second-order valence-electron chi connectivity index (χ2n) is 4.76. The molecule has 0 aliphatic heterocycles. The number of benzene rings is 1. The van der Waals surface area contributed by atoms with Gasteiger partial charge < -0.3 is 10.4 Å². The third-order valence-electron chi connectivity index (χ3n) is 2.72. The van der Waals surface area contributed by atoms with Gasteiger partial charge in [-0.1, -0.05) is 13.8 Å². The van der Waals surface area contributed by atoms with Gasteiger partial charge in [0.1, 0.15) is 0 Å². The van der Waals surface area contributed by atoms with Gasteiger partial charge in [0, 0.05) is 18.7 Å². The highest BCUT2D eigenvalue weighted by Gasteiger charge is 2.14. The highest BCUT2D eigenvalue weighted by Crippen LogP contribution is 2.22. The van der Waals surface area contributed by atoms with Gasteiger partial charge in [-0.05, 0) is 24.8 Å². The van der Waals surface area contributed by atoms with Crippen LogP contribution >= 0.6 is 0 Å². The first-order valence-electron chi connectivity index (χ1n) is 6.17. The summed E-state index contributed by atoms with van der Waals surface area (Å²) in [5, 5.41) is 22.7. The van der Waals surface area contributed by atoms with Crippen molar-refractivity contribution in [1.29, 1.82) is 0 Å². The zero-order valence-electron chi connectivity index (χ0n) is 11.0. The Balaban J connectivity index is 2.80. The molecule has 0 fully saturated rings. The zero-order chi connectivity index (χ0) is 14.4. The molecule has 0 amide bonds. The number of rotatable bonds is 7. The summed E-state index contributed by atoms with van der Waals surface area (Å²) in [6.45, 7) is 4.81. The summed E-state index contributed by atoms with van der Waals surface area (Å²) >= 11 is 0. The number of nitrogens with zero attached hydrogens (tertiary/aromatic N) is 1. The fourth-order valence-corrected chi connectivity index (χ4v) is 1.71. The molecule has 0 aromatic heterocycles. The Hall–Kier alpha value is -2.11. The maximum absolute atomic E-state index is 11.0. The van der Waals surface area contributed by atoms with Crippen molar-refractivity contribution in [3.8, 4) is 0 Å². The van der Waals surface area contributed by atoms with Gasteiger partial charge in [-0.2, -0.15) is 0 Å². The first-order valence-corrected chi connectivity index (χ1v) is 6.17. The van der Waals surface area contributed by atoms with Crippen molar-refractivity contribution in [3.63, 3.8) is 0 Å². The number of non-ortho nitro benzene ring substituents is 1. The van der Waals surface area contributed by atoms with Gasteiger partial charge in [0.05, 0.1) is 16.2 Å². The molecule has 104 valence electrons. The molecule has 2 N–H and O–H groups in total. The van der Waals surface area contributed by atoms with Crippen LogP contribution in [0, 0.1) is 16.0 Å². The van der Waals surface area contributed by atoms with Crippen LogP contribution in [0.2, 0.25) is 0 Å². The first kappa shape index (κ1) is 14.9. The lowest BCUT2D eigenvalue weighted by Crippen LogP contribution is -2.09. The lowest BCUT2D eigenvalue weighted by molar-refractivity contribution is -0.384. The van der Waals surface area contributed by atoms with Crippen LogP contribution in [0.4, 0.5) is 11.4 Å². The van der Waals surface area contributed by atoms with E-state index < -0.39 is 10.9 Å². The Labute approximate surface area is 111 Å². The molecular weight excluding hydrogens is 248 g/mol. The van der Waals surface area contributed by atoms with Gasteiger partial charge in [-0.3, -0.25) is 10.1 Å². The van der Waals surface area contributed by atoms with Crippen molar-refractivity contribution in [3.05, 3.63) is 33.9 Å². The fourth-order valence-electron chi connectivity index (χ4n) is 1.71. The van der Waals surface area contributed by atoms with Gasteiger partial charge in [-0.25, -0.2) is 4.79 Å². The van der Waals surface area contributed by atoms with Crippen LogP contribution < -0.4 is 5.32 Å². The maximum Gasteiger partial charge on any atom is 0.337 e. The molecule has 1 aromatic carbocycles. The largest absolute Gasteiger partial charge is 0.478 e. The number of carboxylic acids is 1. The van der Waals surface area contributed by atoms with E-state index in [1.165, 1.54) is 18.2 Å². The molecule has 0 bridgehead atoms. The smallest absolute Gasteiger partial charge is 0.337 e.